The Hall–Kier alpha value is -1.36. The molecular formula is C13H21N3OS. The van der Waals surface area contributed by atoms with Gasteiger partial charge >= 0.3 is 0 Å². The minimum absolute atomic E-state index is 0.534. The summed E-state index contributed by atoms with van der Waals surface area (Å²) in [6, 6.07) is 5.75. The van der Waals surface area contributed by atoms with Gasteiger partial charge in [0, 0.05) is 25.6 Å². The molecule has 1 heterocycles. The molecule has 0 aromatic carbocycles. The first-order valence-corrected chi connectivity index (χ1v) is 6.48. The van der Waals surface area contributed by atoms with Gasteiger partial charge in [0.05, 0.1) is 12.1 Å². The molecule has 0 saturated heterocycles. The van der Waals surface area contributed by atoms with Crippen LogP contribution in [-0.2, 0) is 0 Å². The first-order chi connectivity index (χ1) is 8.52. The Labute approximate surface area is 114 Å². The maximum absolute atomic E-state index is 5.57. The van der Waals surface area contributed by atoms with Gasteiger partial charge in [-0.15, -0.1) is 0 Å². The number of pyridine rings is 1. The molecule has 1 aromatic rings. The highest BCUT2D eigenvalue weighted by Crippen LogP contribution is 2.17. The number of anilines is 1. The number of methoxy groups -OCH3 is 1. The van der Waals surface area contributed by atoms with Gasteiger partial charge in [0.15, 0.2) is 0 Å². The number of hydrogen-bond donors (Lipinski definition) is 1. The lowest BCUT2D eigenvalue weighted by molar-refractivity contribution is 0.397. The number of ether oxygens (including phenoxy) is 1. The second-order valence-electron chi connectivity index (χ2n) is 4.59. The van der Waals surface area contributed by atoms with E-state index in [-0.39, 0.29) is 0 Å². The molecule has 18 heavy (non-hydrogen) atoms. The normalized spacial score (nSPS) is 10.4. The van der Waals surface area contributed by atoms with Crippen molar-refractivity contribution in [2.45, 2.75) is 20.3 Å². The highest BCUT2D eigenvalue weighted by molar-refractivity contribution is 7.80. The van der Waals surface area contributed by atoms with Gasteiger partial charge in [-0.25, -0.2) is 0 Å². The van der Waals surface area contributed by atoms with Gasteiger partial charge in [0.1, 0.15) is 5.82 Å². The minimum atomic E-state index is 0.534. The molecule has 0 aliphatic rings. The summed E-state index contributed by atoms with van der Waals surface area (Å²) in [5.41, 5.74) is 5.57. The maximum atomic E-state index is 5.57. The third-order valence-corrected chi connectivity index (χ3v) is 2.66. The van der Waals surface area contributed by atoms with Crippen LogP contribution in [-0.4, -0.2) is 30.2 Å². The Morgan fingerprint density at radius 2 is 2.22 bits per heavy atom. The van der Waals surface area contributed by atoms with Crippen molar-refractivity contribution in [2.75, 3.05) is 25.1 Å². The number of rotatable bonds is 7. The monoisotopic (exact) mass is 267 g/mol. The lowest BCUT2D eigenvalue weighted by Crippen LogP contribution is -2.31. The van der Waals surface area contributed by atoms with E-state index in [1.54, 1.807) is 7.11 Å². The van der Waals surface area contributed by atoms with Gasteiger partial charge in [-0.1, -0.05) is 32.1 Å². The van der Waals surface area contributed by atoms with Crippen LogP contribution in [0.5, 0.6) is 5.88 Å². The quantitative estimate of drug-likeness (QED) is 0.768. The molecule has 0 bridgehead atoms. The number of nitrogens with two attached hydrogens (primary N) is 1. The second-order valence-corrected chi connectivity index (χ2v) is 5.12. The van der Waals surface area contributed by atoms with Crippen LogP contribution in [0.1, 0.15) is 20.3 Å². The fourth-order valence-electron chi connectivity index (χ4n) is 1.68. The molecule has 4 nitrogen and oxygen atoms in total. The summed E-state index contributed by atoms with van der Waals surface area (Å²) >= 11 is 4.93. The zero-order valence-corrected chi connectivity index (χ0v) is 12.0. The van der Waals surface area contributed by atoms with Crippen LogP contribution in [0.25, 0.3) is 0 Å². The predicted octanol–water partition coefficient (Wildman–Crippen LogP) is 2.23. The van der Waals surface area contributed by atoms with Crippen LogP contribution in [0.3, 0.4) is 0 Å². The van der Waals surface area contributed by atoms with Crippen LogP contribution in [0.4, 0.5) is 5.82 Å². The highest BCUT2D eigenvalue weighted by atomic mass is 32.1. The highest BCUT2D eigenvalue weighted by Gasteiger charge is 2.11. The molecule has 0 aliphatic carbocycles. The van der Waals surface area contributed by atoms with Crippen molar-refractivity contribution >= 4 is 23.0 Å². The van der Waals surface area contributed by atoms with Crippen molar-refractivity contribution in [3.05, 3.63) is 18.2 Å². The first kappa shape index (κ1) is 14.7. The summed E-state index contributed by atoms with van der Waals surface area (Å²) in [7, 11) is 1.62. The third kappa shape index (κ3) is 4.87. The minimum Gasteiger partial charge on any atom is -0.481 e. The van der Waals surface area contributed by atoms with Crippen molar-refractivity contribution in [2.24, 2.45) is 11.7 Å². The van der Waals surface area contributed by atoms with Gasteiger partial charge in [0.25, 0.3) is 0 Å². The predicted molar refractivity (Wildman–Crippen MR) is 79.2 cm³/mol. The van der Waals surface area contributed by atoms with E-state index in [0.717, 1.165) is 18.9 Å². The fourth-order valence-corrected chi connectivity index (χ4v) is 1.77. The van der Waals surface area contributed by atoms with Gasteiger partial charge in [0.2, 0.25) is 5.88 Å². The standard InChI is InChI=1S/C13H21N3OS/c1-10(2)9-16(8-7-11(14)18)12-5-4-6-13(15-12)17-3/h4-6,10H,7-9H2,1-3H3,(H2,14,18). The van der Waals surface area contributed by atoms with Gasteiger partial charge in [-0.2, -0.15) is 4.98 Å². The Kier molecular flexibility index (Phi) is 5.85. The number of thiocarbonyl (C=S) groups is 1. The van der Waals surface area contributed by atoms with E-state index in [0.29, 0.717) is 23.2 Å². The molecule has 0 radical (unpaired) electrons. The van der Waals surface area contributed by atoms with Crippen molar-refractivity contribution in [1.82, 2.24) is 4.98 Å². The Bertz CT molecular complexity index is 396. The van der Waals surface area contributed by atoms with Crippen LogP contribution < -0.4 is 15.4 Å². The largest absolute Gasteiger partial charge is 0.481 e. The summed E-state index contributed by atoms with van der Waals surface area (Å²) < 4.78 is 5.15. The number of hydrogen-bond acceptors (Lipinski definition) is 4. The average Bonchev–Trinajstić information content (AvgIpc) is 2.34. The lowest BCUT2D eigenvalue weighted by atomic mass is 10.2. The van der Waals surface area contributed by atoms with E-state index in [1.807, 2.05) is 18.2 Å². The molecule has 100 valence electrons. The van der Waals surface area contributed by atoms with Crippen LogP contribution in [0, 0.1) is 5.92 Å². The molecule has 1 rings (SSSR count). The SMILES string of the molecule is COc1cccc(N(CCC(N)=S)CC(C)C)n1. The topological polar surface area (TPSA) is 51.4 Å². The smallest absolute Gasteiger partial charge is 0.214 e. The van der Waals surface area contributed by atoms with E-state index < -0.39 is 0 Å². The van der Waals surface area contributed by atoms with E-state index >= 15 is 0 Å². The zero-order valence-electron chi connectivity index (χ0n) is 11.2. The number of aromatic nitrogens is 1. The van der Waals surface area contributed by atoms with E-state index in [1.165, 1.54) is 0 Å². The number of nitrogens with zero attached hydrogens (tertiary/aromatic N) is 2. The van der Waals surface area contributed by atoms with Crippen molar-refractivity contribution in [1.29, 1.82) is 0 Å². The summed E-state index contributed by atoms with van der Waals surface area (Å²) in [6.45, 7) is 6.05. The third-order valence-electron chi connectivity index (χ3n) is 2.46. The van der Waals surface area contributed by atoms with E-state index in [4.69, 9.17) is 22.7 Å². The Balaban J connectivity index is 2.82. The molecule has 0 unspecified atom stereocenters. The lowest BCUT2D eigenvalue weighted by Gasteiger charge is -2.25. The summed E-state index contributed by atoms with van der Waals surface area (Å²) in [5.74, 6) is 2.07. The van der Waals surface area contributed by atoms with E-state index in [9.17, 15) is 0 Å². The summed E-state index contributed by atoms with van der Waals surface area (Å²) in [5, 5.41) is 0. The van der Waals surface area contributed by atoms with Gasteiger partial charge in [-0.05, 0) is 12.0 Å². The van der Waals surface area contributed by atoms with Crippen LogP contribution >= 0.6 is 12.2 Å². The Morgan fingerprint density at radius 1 is 1.50 bits per heavy atom. The van der Waals surface area contributed by atoms with Gasteiger partial charge < -0.3 is 15.4 Å². The molecule has 2 N–H and O–H groups in total. The molecule has 0 amide bonds. The second kappa shape index (κ2) is 7.16. The zero-order chi connectivity index (χ0) is 13.5. The molecule has 0 aliphatic heterocycles. The van der Waals surface area contributed by atoms with E-state index in [2.05, 4.69) is 23.7 Å². The maximum Gasteiger partial charge on any atom is 0.214 e. The molecular weight excluding hydrogens is 246 g/mol. The first-order valence-electron chi connectivity index (χ1n) is 6.07. The van der Waals surface area contributed by atoms with Crippen LogP contribution in [0.15, 0.2) is 18.2 Å². The van der Waals surface area contributed by atoms with Crippen molar-refractivity contribution in [3.8, 4) is 5.88 Å². The molecule has 0 saturated carbocycles. The molecule has 0 fully saturated rings. The molecule has 1 aromatic heterocycles. The molecule has 5 heteroatoms. The summed E-state index contributed by atoms with van der Waals surface area (Å²) in [6.07, 6.45) is 0.695. The van der Waals surface area contributed by atoms with Crippen molar-refractivity contribution in [3.63, 3.8) is 0 Å². The molecule has 0 spiro atoms. The van der Waals surface area contributed by atoms with Gasteiger partial charge in [-0.3, -0.25) is 0 Å². The average molecular weight is 267 g/mol. The fraction of sp³-hybridized carbons (Fsp3) is 0.538. The van der Waals surface area contributed by atoms with Crippen molar-refractivity contribution < 1.29 is 4.74 Å². The summed E-state index contributed by atoms with van der Waals surface area (Å²) in [4.78, 5) is 7.16. The van der Waals surface area contributed by atoms with Crippen LogP contribution in [0.2, 0.25) is 0 Å². The Morgan fingerprint density at radius 3 is 2.78 bits per heavy atom. The molecule has 0 atom stereocenters.